The average Bonchev–Trinajstić information content (AvgIpc) is 2.42. The molecule has 1 aromatic heterocycles. The second-order valence-corrected chi connectivity index (χ2v) is 4.25. The Balaban J connectivity index is 2.43. The van der Waals surface area contributed by atoms with Gasteiger partial charge in [0.15, 0.2) is 5.69 Å². The molecule has 0 radical (unpaired) electrons. The van der Waals surface area contributed by atoms with Crippen LogP contribution in [0.4, 0.5) is 0 Å². The van der Waals surface area contributed by atoms with Crippen LogP contribution in [0.5, 0.6) is 0 Å². The molecule has 0 saturated heterocycles. The summed E-state index contributed by atoms with van der Waals surface area (Å²) in [5.41, 5.74) is -0.262. The van der Waals surface area contributed by atoms with E-state index >= 15 is 0 Å². The van der Waals surface area contributed by atoms with Crippen molar-refractivity contribution in [1.82, 2.24) is 4.98 Å². The van der Waals surface area contributed by atoms with Crippen molar-refractivity contribution in [3.8, 4) is 0 Å². The lowest BCUT2D eigenvalue weighted by Crippen LogP contribution is -2.14. The number of carboxylic acid groups (broad SMARTS) is 1. The van der Waals surface area contributed by atoms with Gasteiger partial charge in [0.05, 0.1) is 12.2 Å². The predicted octanol–water partition coefficient (Wildman–Crippen LogP) is 2.91. The summed E-state index contributed by atoms with van der Waals surface area (Å²) in [6.07, 6.45) is 6.64. The number of esters is 1. The summed E-state index contributed by atoms with van der Waals surface area (Å²) >= 11 is 0. The van der Waals surface area contributed by atoms with Gasteiger partial charge in [-0.15, -0.1) is 0 Å². The zero-order chi connectivity index (χ0) is 14.1. The molecule has 0 aliphatic carbocycles. The zero-order valence-electron chi connectivity index (χ0n) is 11.1. The van der Waals surface area contributed by atoms with Gasteiger partial charge >= 0.3 is 11.9 Å². The van der Waals surface area contributed by atoms with Gasteiger partial charge in [0.25, 0.3) is 0 Å². The monoisotopic (exact) mass is 265 g/mol. The van der Waals surface area contributed by atoms with Crippen LogP contribution in [0.25, 0.3) is 0 Å². The van der Waals surface area contributed by atoms with Crippen LogP contribution >= 0.6 is 0 Å². The van der Waals surface area contributed by atoms with Crippen LogP contribution in [0.1, 0.15) is 59.9 Å². The lowest BCUT2D eigenvalue weighted by molar-refractivity contribution is 0.0480. The van der Waals surface area contributed by atoms with Gasteiger partial charge in [-0.25, -0.2) is 14.6 Å². The molecule has 0 amide bonds. The molecule has 0 unspecified atom stereocenters. The number of nitrogens with zero attached hydrogens (tertiary/aromatic N) is 1. The Hall–Kier alpha value is -1.91. The first-order valence-electron chi connectivity index (χ1n) is 6.52. The number of hydrogen-bond acceptors (Lipinski definition) is 4. The minimum absolute atomic E-state index is 0.126. The molecule has 0 bridgehead atoms. The molecule has 0 atom stereocenters. The van der Waals surface area contributed by atoms with Gasteiger partial charge < -0.3 is 9.84 Å². The van der Waals surface area contributed by atoms with E-state index in [-0.39, 0.29) is 11.3 Å². The molecule has 1 aromatic rings. The standard InChI is InChI=1S/C14H19NO4/c1-2-3-4-5-6-10-19-14(18)12-11(13(16)17)8-7-9-15-12/h7-9H,2-6,10H2,1H3,(H,16,17). The third kappa shape index (κ3) is 5.07. The highest BCUT2D eigenvalue weighted by molar-refractivity contribution is 6.00. The fraction of sp³-hybridized carbons (Fsp3) is 0.500. The molecule has 0 aromatic carbocycles. The maximum Gasteiger partial charge on any atom is 0.357 e. The number of ether oxygens (including phenoxy) is 1. The van der Waals surface area contributed by atoms with E-state index in [9.17, 15) is 9.59 Å². The minimum atomic E-state index is -1.18. The van der Waals surface area contributed by atoms with Crippen molar-refractivity contribution in [2.45, 2.75) is 39.0 Å². The lowest BCUT2D eigenvalue weighted by atomic mass is 10.2. The van der Waals surface area contributed by atoms with Crippen molar-refractivity contribution in [3.63, 3.8) is 0 Å². The number of carbonyl (C=O) groups is 2. The van der Waals surface area contributed by atoms with Crippen molar-refractivity contribution in [2.24, 2.45) is 0 Å². The van der Waals surface area contributed by atoms with Crippen LogP contribution in [0.2, 0.25) is 0 Å². The molecule has 0 aliphatic rings. The molecule has 0 saturated carbocycles. The Labute approximate surface area is 112 Å². The lowest BCUT2D eigenvalue weighted by Gasteiger charge is -2.06. The SMILES string of the molecule is CCCCCCCOC(=O)c1ncccc1C(=O)O. The normalized spacial score (nSPS) is 10.2. The van der Waals surface area contributed by atoms with Gasteiger partial charge in [-0.2, -0.15) is 0 Å². The van der Waals surface area contributed by atoms with E-state index in [4.69, 9.17) is 9.84 Å². The molecule has 1 rings (SSSR count). The molecule has 1 heterocycles. The van der Waals surface area contributed by atoms with Crippen molar-refractivity contribution in [1.29, 1.82) is 0 Å². The topological polar surface area (TPSA) is 76.5 Å². The minimum Gasteiger partial charge on any atom is -0.478 e. The number of aromatic carboxylic acids is 1. The molecule has 19 heavy (non-hydrogen) atoms. The van der Waals surface area contributed by atoms with Crippen LogP contribution in [-0.2, 0) is 4.74 Å². The summed E-state index contributed by atoms with van der Waals surface area (Å²) in [5, 5.41) is 8.94. The summed E-state index contributed by atoms with van der Waals surface area (Å²) in [4.78, 5) is 26.4. The van der Waals surface area contributed by atoms with Crippen molar-refractivity contribution < 1.29 is 19.4 Å². The van der Waals surface area contributed by atoms with E-state index in [1.54, 1.807) is 0 Å². The molecule has 5 nitrogen and oxygen atoms in total. The van der Waals surface area contributed by atoms with Gasteiger partial charge in [0.2, 0.25) is 0 Å². The van der Waals surface area contributed by atoms with E-state index in [0.717, 1.165) is 25.7 Å². The summed E-state index contributed by atoms with van der Waals surface area (Å²) in [5.74, 6) is -1.85. The fourth-order valence-electron chi connectivity index (χ4n) is 1.68. The van der Waals surface area contributed by atoms with Gasteiger partial charge in [-0.1, -0.05) is 32.6 Å². The first kappa shape index (κ1) is 15.1. The molecule has 104 valence electrons. The number of rotatable bonds is 8. The van der Waals surface area contributed by atoms with Crippen LogP contribution in [0.3, 0.4) is 0 Å². The molecular weight excluding hydrogens is 246 g/mol. The summed E-state index contributed by atoms with van der Waals surface area (Å²) < 4.78 is 5.03. The van der Waals surface area contributed by atoms with E-state index in [1.807, 2.05) is 0 Å². The Morgan fingerprint density at radius 3 is 2.68 bits per heavy atom. The highest BCUT2D eigenvalue weighted by Crippen LogP contribution is 2.08. The second kappa shape index (κ2) is 8.24. The smallest absolute Gasteiger partial charge is 0.357 e. The van der Waals surface area contributed by atoms with E-state index in [1.165, 1.54) is 24.8 Å². The molecule has 0 aliphatic heterocycles. The third-order valence-electron chi connectivity index (χ3n) is 2.71. The molecule has 0 fully saturated rings. The first-order chi connectivity index (χ1) is 9.16. The van der Waals surface area contributed by atoms with Gasteiger partial charge in [0, 0.05) is 6.20 Å². The number of hydrogen-bond donors (Lipinski definition) is 1. The Kier molecular flexibility index (Phi) is 6.57. The van der Waals surface area contributed by atoms with Crippen molar-refractivity contribution >= 4 is 11.9 Å². The van der Waals surface area contributed by atoms with Crippen LogP contribution in [0, 0.1) is 0 Å². The van der Waals surface area contributed by atoms with Gasteiger partial charge in [-0.05, 0) is 18.6 Å². The second-order valence-electron chi connectivity index (χ2n) is 4.25. The Morgan fingerprint density at radius 1 is 1.26 bits per heavy atom. The molecule has 5 heteroatoms. The zero-order valence-corrected chi connectivity index (χ0v) is 11.1. The average molecular weight is 265 g/mol. The summed E-state index contributed by atoms with van der Waals surface area (Å²) in [6, 6.07) is 2.82. The maximum atomic E-state index is 11.7. The van der Waals surface area contributed by atoms with Crippen LogP contribution < -0.4 is 0 Å². The predicted molar refractivity (Wildman–Crippen MR) is 70.2 cm³/mol. The van der Waals surface area contributed by atoms with Crippen LogP contribution in [-0.4, -0.2) is 28.6 Å². The number of pyridine rings is 1. The Morgan fingerprint density at radius 2 is 2.00 bits per heavy atom. The summed E-state index contributed by atoms with van der Waals surface area (Å²) in [6.45, 7) is 2.44. The Bertz CT molecular complexity index is 431. The maximum absolute atomic E-state index is 11.7. The third-order valence-corrected chi connectivity index (χ3v) is 2.71. The number of aromatic nitrogens is 1. The fourth-order valence-corrected chi connectivity index (χ4v) is 1.68. The van der Waals surface area contributed by atoms with Crippen molar-refractivity contribution in [3.05, 3.63) is 29.6 Å². The molecule has 0 spiro atoms. The molecule has 1 N–H and O–H groups in total. The number of carboxylic acids is 1. The van der Waals surface area contributed by atoms with Gasteiger partial charge in [-0.3, -0.25) is 0 Å². The van der Waals surface area contributed by atoms with Crippen LogP contribution in [0.15, 0.2) is 18.3 Å². The van der Waals surface area contributed by atoms with Crippen molar-refractivity contribution in [2.75, 3.05) is 6.61 Å². The highest BCUT2D eigenvalue weighted by atomic mass is 16.5. The molecular formula is C14H19NO4. The van der Waals surface area contributed by atoms with E-state index in [0.29, 0.717) is 6.61 Å². The summed E-state index contributed by atoms with van der Waals surface area (Å²) in [7, 11) is 0. The quantitative estimate of drug-likeness (QED) is 0.577. The van der Waals surface area contributed by atoms with E-state index < -0.39 is 11.9 Å². The van der Waals surface area contributed by atoms with Gasteiger partial charge in [0.1, 0.15) is 0 Å². The first-order valence-corrected chi connectivity index (χ1v) is 6.52. The highest BCUT2D eigenvalue weighted by Gasteiger charge is 2.18. The number of carbonyl (C=O) groups excluding carboxylic acids is 1. The van der Waals surface area contributed by atoms with E-state index in [2.05, 4.69) is 11.9 Å². The number of unbranched alkanes of at least 4 members (excludes halogenated alkanes) is 4. The largest absolute Gasteiger partial charge is 0.478 e.